The van der Waals surface area contributed by atoms with Gasteiger partial charge in [-0.3, -0.25) is 9.59 Å². The van der Waals surface area contributed by atoms with E-state index in [0.29, 0.717) is 24.7 Å². The summed E-state index contributed by atoms with van der Waals surface area (Å²) < 4.78 is 29.2. The molecule has 5 aliphatic carbocycles. The van der Waals surface area contributed by atoms with Crippen molar-refractivity contribution in [2.45, 2.75) is 75.5 Å². The number of nitrogens with zero attached hydrogens (tertiary/aromatic N) is 1. The zero-order valence-corrected chi connectivity index (χ0v) is 17.0. The van der Waals surface area contributed by atoms with Crippen molar-refractivity contribution in [2.75, 3.05) is 18.1 Å². The van der Waals surface area contributed by atoms with Crippen LogP contribution < -0.4 is 0 Å². The highest BCUT2D eigenvalue weighted by Crippen LogP contribution is 2.62. The molecule has 5 atom stereocenters. The molecule has 0 aromatic heterocycles. The fourth-order valence-corrected chi connectivity index (χ4v) is 8.57. The summed E-state index contributed by atoms with van der Waals surface area (Å²) in [6, 6.07) is -0.200. The number of hydrogen-bond donors (Lipinski definition) is 1. The number of amides is 1. The second-order valence-corrected chi connectivity index (χ2v) is 12.4. The molecule has 6 rings (SSSR count). The molecule has 0 aromatic carbocycles. The lowest BCUT2D eigenvalue weighted by Gasteiger charge is -2.58. The first-order valence-corrected chi connectivity index (χ1v) is 12.4. The molecular weight excluding hydrogens is 382 g/mol. The summed E-state index contributed by atoms with van der Waals surface area (Å²) in [7, 11) is -3.08. The molecule has 1 N–H and O–H groups in total. The minimum atomic E-state index is -3.08. The van der Waals surface area contributed by atoms with Crippen molar-refractivity contribution in [3.05, 3.63) is 0 Å². The molecule has 28 heavy (non-hydrogen) atoms. The Bertz CT molecular complexity index is 790. The molecule has 0 aromatic rings. The number of carbonyl (C=O) groups is 2. The average molecular weight is 412 g/mol. The van der Waals surface area contributed by atoms with Crippen LogP contribution in [0.3, 0.4) is 0 Å². The van der Waals surface area contributed by atoms with Crippen molar-refractivity contribution < 1.29 is 27.9 Å². The van der Waals surface area contributed by atoms with E-state index in [4.69, 9.17) is 4.74 Å². The normalized spacial score (nSPS) is 43.1. The number of sulfone groups is 1. The summed E-state index contributed by atoms with van der Waals surface area (Å²) in [5.74, 6) is 0.272. The minimum Gasteiger partial charge on any atom is -0.455 e. The number of ether oxygens (including phenoxy) is 1. The predicted molar refractivity (Wildman–Crippen MR) is 100.0 cm³/mol. The molecule has 1 amide bonds. The standard InChI is InChI=1S/C20H29NO6S/c22-17(21(15-1-2-15)16-3-4-28(25,26)11-16)10-27-18(23)19-6-13-5-14(7-19)9-20(24,8-13)12-19/h13-16,24H,1-12H2/t13-,14+,16-,19?,20?/m0/s1. The molecule has 1 heterocycles. The number of carbonyl (C=O) groups excluding carboxylic acids is 2. The molecule has 6 aliphatic rings. The van der Waals surface area contributed by atoms with Crippen molar-refractivity contribution in [1.82, 2.24) is 4.90 Å². The lowest BCUT2D eigenvalue weighted by atomic mass is 9.48. The number of aliphatic hydroxyl groups is 1. The van der Waals surface area contributed by atoms with Gasteiger partial charge in [-0.05, 0) is 69.6 Å². The Labute approximate surface area is 165 Å². The average Bonchev–Trinajstić information content (AvgIpc) is 3.33. The quantitative estimate of drug-likeness (QED) is 0.679. The van der Waals surface area contributed by atoms with Gasteiger partial charge >= 0.3 is 5.97 Å². The molecule has 156 valence electrons. The van der Waals surface area contributed by atoms with Crippen LogP contribution in [0.25, 0.3) is 0 Å². The lowest BCUT2D eigenvalue weighted by molar-refractivity contribution is -0.197. The Morgan fingerprint density at radius 3 is 2.25 bits per heavy atom. The molecule has 1 aliphatic heterocycles. The maximum Gasteiger partial charge on any atom is 0.312 e. The number of hydrogen-bond acceptors (Lipinski definition) is 6. The lowest BCUT2D eigenvalue weighted by Crippen LogP contribution is -2.58. The highest BCUT2D eigenvalue weighted by molar-refractivity contribution is 7.91. The van der Waals surface area contributed by atoms with Gasteiger partial charge in [-0.25, -0.2) is 8.42 Å². The summed E-state index contributed by atoms with van der Waals surface area (Å²) in [6.45, 7) is -0.318. The summed E-state index contributed by atoms with van der Waals surface area (Å²) in [5, 5.41) is 10.8. The van der Waals surface area contributed by atoms with E-state index in [1.165, 1.54) is 0 Å². The van der Waals surface area contributed by atoms with E-state index in [1.807, 2.05) is 0 Å². The third-order valence-electron chi connectivity index (χ3n) is 7.62. The van der Waals surface area contributed by atoms with Crippen LogP contribution in [0.15, 0.2) is 0 Å². The van der Waals surface area contributed by atoms with E-state index in [-0.39, 0.29) is 42.1 Å². The third-order valence-corrected chi connectivity index (χ3v) is 9.37. The molecule has 0 spiro atoms. The topological polar surface area (TPSA) is 101 Å². The second-order valence-electron chi connectivity index (χ2n) is 10.1. The van der Waals surface area contributed by atoms with Crippen molar-refractivity contribution in [3.8, 4) is 0 Å². The van der Waals surface area contributed by atoms with Crippen molar-refractivity contribution in [2.24, 2.45) is 17.3 Å². The van der Waals surface area contributed by atoms with Gasteiger partial charge in [-0.15, -0.1) is 0 Å². The predicted octanol–water partition coefficient (Wildman–Crippen LogP) is 1.04. The van der Waals surface area contributed by atoms with E-state index in [1.54, 1.807) is 4.90 Å². The SMILES string of the molecule is O=C(COC(=O)C12C[C@@H]3C[C@@H](CC(O)(C3)C1)C2)N(C1CC1)[C@H]1CCS(=O)(=O)C1. The molecule has 0 radical (unpaired) electrons. The molecule has 6 fully saturated rings. The molecule has 1 saturated heterocycles. The van der Waals surface area contributed by atoms with Gasteiger partial charge in [0.25, 0.3) is 5.91 Å². The Hall–Kier alpha value is -1.15. The maximum atomic E-state index is 13.0. The van der Waals surface area contributed by atoms with Gasteiger partial charge in [0.05, 0.1) is 22.5 Å². The zero-order chi connectivity index (χ0) is 19.7. The largest absolute Gasteiger partial charge is 0.455 e. The van der Waals surface area contributed by atoms with Gasteiger partial charge in [-0.1, -0.05) is 0 Å². The molecule has 7 nitrogen and oxygen atoms in total. The van der Waals surface area contributed by atoms with Crippen LogP contribution in [-0.4, -0.2) is 66.1 Å². The fourth-order valence-electron chi connectivity index (χ4n) is 6.86. The van der Waals surface area contributed by atoms with Gasteiger partial charge in [0.1, 0.15) is 0 Å². The molecular formula is C20H29NO6S. The van der Waals surface area contributed by atoms with Crippen LogP contribution in [0.2, 0.25) is 0 Å². The summed E-state index contributed by atoms with van der Waals surface area (Å²) in [4.78, 5) is 27.5. The Morgan fingerprint density at radius 2 is 1.71 bits per heavy atom. The van der Waals surface area contributed by atoms with Gasteiger partial charge in [0, 0.05) is 12.1 Å². The van der Waals surface area contributed by atoms with E-state index >= 15 is 0 Å². The molecule has 2 unspecified atom stereocenters. The van der Waals surface area contributed by atoms with Crippen LogP contribution in [0, 0.1) is 17.3 Å². The van der Waals surface area contributed by atoms with Gasteiger partial charge in [0.2, 0.25) is 0 Å². The van der Waals surface area contributed by atoms with E-state index in [0.717, 1.165) is 44.9 Å². The van der Waals surface area contributed by atoms with Gasteiger partial charge < -0.3 is 14.7 Å². The second kappa shape index (κ2) is 6.17. The van der Waals surface area contributed by atoms with Crippen LogP contribution in [-0.2, 0) is 24.2 Å². The number of rotatable bonds is 5. The van der Waals surface area contributed by atoms with Gasteiger partial charge in [0.15, 0.2) is 16.4 Å². The van der Waals surface area contributed by atoms with Crippen molar-refractivity contribution in [3.63, 3.8) is 0 Å². The summed E-state index contributed by atoms with van der Waals surface area (Å²) in [5.41, 5.74) is -1.38. The summed E-state index contributed by atoms with van der Waals surface area (Å²) in [6.07, 6.45) is 6.85. The molecule has 5 saturated carbocycles. The Balaban J connectivity index is 1.24. The highest BCUT2D eigenvalue weighted by Gasteiger charge is 2.61. The first-order valence-electron chi connectivity index (χ1n) is 10.6. The van der Waals surface area contributed by atoms with Gasteiger partial charge in [-0.2, -0.15) is 0 Å². The van der Waals surface area contributed by atoms with Crippen LogP contribution in [0.5, 0.6) is 0 Å². The third kappa shape index (κ3) is 3.26. The molecule has 4 bridgehead atoms. The number of esters is 1. The van der Waals surface area contributed by atoms with E-state index < -0.39 is 20.9 Å². The zero-order valence-electron chi connectivity index (χ0n) is 16.1. The first-order chi connectivity index (χ1) is 13.2. The van der Waals surface area contributed by atoms with E-state index in [2.05, 4.69) is 0 Å². The maximum absolute atomic E-state index is 13.0. The van der Waals surface area contributed by atoms with Crippen molar-refractivity contribution >= 4 is 21.7 Å². The highest BCUT2D eigenvalue weighted by atomic mass is 32.2. The fraction of sp³-hybridized carbons (Fsp3) is 0.900. The summed E-state index contributed by atoms with van der Waals surface area (Å²) >= 11 is 0. The van der Waals surface area contributed by atoms with Crippen LogP contribution in [0.4, 0.5) is 0 Å². The first kappa shape index (κ1) is 18.9. The Morgan fingerprint density at radius 1 is 1.04 bits per heavy atom. The molecule has 8 heteroatoms. The smallest absolute Gasteiger partial charge is 0.312 e. The van der Waals surface area contributed by atoms with Crippen LogP contribution in [0.1, 0.15) is 57.8 Å². The minimum absolute atomic E-state index is 0.0174. The van der Waals surface area contributed by atoms with Crippen LogP contribution >= 0.6 is 0 Å². The van der Waals surface area contributed by atoms with Crippen molar-refractivity contribution in [1.29, 1.82) is 0 Å². The van der Waals surface area contributed by atoms with E-state index in [9.17, 15) is 23.1 Å². The monoisotopic (exact) mass is 411 g/mol. The Kier molecular flexibility index (Phi) is 4.16.